The van der Waals surface area contributed by atoms with Gasteiger partial charge in [-0.25, -0.2) is 13.2 Å². The monoisotopic (exact) mass is 297 g/mol. The molecular formula is C13H10F3N3O2. The van der Waals surface area contributed by atoms with Crippen LogP contribution in [0.3, 0.4) is 0 Å². The minimum absolute atomic E-state index is 0.0498. The number of amides is 1. The standard InChI is InChI=1S/C13H10F3N3O2/c14-7-1-2-9(11(16)10(7)15)17-13(20)12-6-5-21-4-3-8(6)18-19-12/h1-2H,3-5H2,(H,17,20)(H,18,19). The number of carbonyl (C=O) groups excluding carboxylic acids is 1. The van der Waals surface area contributed by atoms with Gasteiger partial charge >= 0.3 is 0 Å². The number of anilines is 1. The van der Waals surface area contributed by atoms with E-state index in [-0.39, 0.29) is 12.3 Å². The maximum atomic E-state index is 13.5. The molecule has 0 unspecified atom stereocenters. The first-order chi connectivity index (χ1) is 10.1. The van der Waals surface area contributed by atoms with Crippen LogP contribution in [0.4, 0.5) is 18.9 Å². The van der Waals surface area contributed by atoms with Crippen LogP contribution in [0.1, 0.15) is 21.7 Å². The highest BCUT2D eigenvalue weighted by atomic mass is 19.2. The van der Waals surface area contributed by atoms with Crippen molar-refractivity contribution < 1.29 is 22.7 Å². The minimum Gasteiger partial charge on any atom is -0.376 e. The number of hydrogen-bond donors (Lipinski definition) is 2. The second kappa shape index (κ2) is 5.21. The smallest absolute Gasteiger partial charge is 0.276 e. The second-order valence-corrected chi connectivity index (χ2v) is 4.51. The zero-order chi connectivity index (χ0) is 15.0. The molecule has 2 heterocycles. The Balaban J connectivity index is 1.87. The molecule has 1 aromatic heterocycles. The van der Waals surface area contributed by atoms with Crippen LogP contribution in [0.2, 0.25) is 0 Å². The summed E-state index contributed by atoms with van der Waals surface area (Å²) >= 11 is 0. The van der Waals surface area contributed by atoms with Crippen molar-refractivity contribution in [3.63, 3.8) is 0 Å². The number of benzene rings is 1. The van der Waals surface area contributed by atoms with Crippen molar-refractivity contribution in [2.75, 3.05) is 11.9 Å². The van der Waals surface area contributed by atoms with E-state index < -0.39 is 29.0 Å². The van der Waals surface area contributed by atoms with Crippen molar-refractivity contribution in [3.8, 4) is 0 Å². The van der Waals surface area contributed by atoms with Gasteiger partial charge in [-0.3, -0.25) is 9.89 Å². The quantitative estimate of drug-likeness (QED) is 0.835. The number of carbonyl (C=O) groups is 1. The van der Waals surface area contributed by atoms with Gasteiger partial charge in [0.25, 0.3) is 5.91 Å². The average molecular weight is 297 g/mol. The highest BCUT2D eigenvalue weighted by molar-refractivity contribution is 6.04. The highest BCUT2D eigenvalue weighted by Gasteiger charge is 2.23. The van der Waals surface area contributed by atoms with Crippen molar-refractivity contribution in [3.05, 3.63) is 46.5 Å². The van der Waals surface area contributed by atoms with Gasteiger partial charge in [0.2, 0.25) is 0 Å². The van der Waals surface area contributed by atoms with Crippen LogP contribution in [0.25, 0.3) is 0 Å². The molecule has 0 saturated carbocycles. The normalized spacial score (nSPS) is 13.9. The molecule has 1 amide bonds. The summed E-state index contributed by atoms with van der Waals surface area (Å²) in [6.45, 7) is 0.739. The average Bonchev–Trinajstić information content (AvgIpc) is 2.92. The molecule has 0 saturated heterocycles. The molecule has 1 aliphatic rings. The minimum atomic E-state index is -1.64. The summed E-state index contributed by atoms with van der Waals surface area (Å²) in [6, 6.07) is 1.68. The number of nitrogens with zero attached hydrogens (tertiary/aromatic N) is 1. The van der Waals surface area contributed by atoms with Crippen LogP contribution in [0, 0.1) is 17.5 Å². The Morgan fingerprint density at radius 3 is 2.90 bits per heavy atom. The van der Waals surface area contributed by atoms with E-state index >= 15 is 0 Å². The Morgan fingerprint density at radius 1 is 1.29 bits per heavy atom. The van der Waals surface area contributed by atoms with E-state index in [0.717, 1.165) is 17.8 Å². The van der Waals surface area contributed by atoms with Crippen molar-refractivity contribution >= 4 is 11.6 Å². The van der Waals surface area contributed by atoms with E-state index in [1.54, 1.807) is 0 Å². The number of nitrogens with one attached hydrogen (secondary N) is 2. The van der Waals surface area contributed by atoms with E-state index in [0.29, 0.717) is 18.6 Å². The van der Waals surface area contributed by atoms with Gasteiger partial charge in [-0.05, 0) is 12.1 Å². The molecule has 5 nitrogen and oxygen atoms in total. The van der Waals surface area contributed by atoms with E-state index in [1.165, 1.54) is 0 Å². The number of hydrogen-bond acceptors (Lipinski definition) is 3. The predicted molar refractivity (Wildman–Crippen MR) is 66.2 cm³/mol. The van der Waals surface area contributed by atoms with Gasteiger partial charge in [-0.1, -0.05) is 0 Å². The molecule has 1 aromatic carbocycles. The number of aromatic amines is 1. The van der Waals surface area contributed by atoms with E-state index in [1.807, 2.05) is 0 Å². The van der Waals surface area contributed by atoms with Gasteiger partial charge in [-0.15, -0.1) is 0 Å². The van der Waals surface area contributed by atoms with Crippen molar-refractivity contribution in [2.24, 2.45) is 0 Å². The lowest BCUT2D eigenvalue weighted by molar-refractivity contribution is 0.0984. The van der Waals surface area contributed by atoms with Crippen LogP contribution >= 0.6 is 0 Å². The molecule has 2 N–H and O–H groups in total. The predicted octanol–water partition coefficient (Wildman–Crippen LogP) is 2.15. The van der Waals surface area contributed by atoms with E-state index in [9.17, 15) is 18.0 Å². The zero-order valence-corrected chi connectivity index (χ0v) is 10.7. The van der Waals surface area contributed by atoms with Crippen LogP contribution in [-0.2, 0) is 17.8 Å². The Kier molecular flexibility index (Phi) is 3.38. The Hall–Kier alpha value is -2.35. The topological polar surface area (TPSA) is 67.0 Å². The van der Waals surface area contributed by atoms with Gasteiger partial charge in [0, 0.05) is 17.7 Å². The molecular weight excluding hydrogens is 287 g/mol. The number of ether oxygens (including phenoxy) is 1. The molecule has 21 heavy (non-hydrogen) atoms. The fourth-order valence-corrected chi connectivity index (χ4v) is 2.10. The molecule has 110 valence electrons. The fraction of sp³-hybridized carbons (Fsp3) is 0.231. The summed E-state index contributed by atoms with van der Waals surface area (Å²) in [5.74, 6) is -5.14. The molecule has 0 radical (unpaired) electrons. The molecule has 0 aliphatic carbocycles. The summed E-state index contributed by atoms with van der Waals surface area (Å²) in [6.07, 6.45) is 0.592. The zero-order valence-electron chi connectivity index (χ0n) is 10.7. The molecule has 0 spiro atoms. The van der Waals surface area contributed by atoms with Gasteiger partial charge in [0.15, 0.2) is 23.1 Å². The Labute approximate surface area is 117 Å². The first kappa shape index (κ1) is 13.6. The number of halogens is 3. The lowest BCUT2D eigenvalue weighted by Gasteiger charge is -2.12. The largest absolute Gasteiger partial charge is 0.376 e. The Bertz CT molecular complexity index is 715. The summed E-state index contributed by atoms with van der Waals surface area (Å²) in [5.41, 5.74) is 0.958. The Morgan fingerprint density at radius 2 is 2.10 bits per heavy atom. The van der Waals surface area contributed by atoms with Gasteiger partial charge in [0.05, 0.1) is 18.9 Å². The number of aromatic nitrogens is 2. The maximum absolute atomic E-state index is 13.5. The first-order valence-corrected chi connectivity index (χ1v) is 6.16. The van der Waals surface area contributed by atoms with Crippen molar-refractivity contribution in [2.45, 2.75) is 13.0 Å². The van der Waals surface area contributed by atoms with Crippen LogP contribution < -0.4 is 5.32 Å². The molecule has 0 bridgehead atoms. The lowest BCUT2D eigenvalue weighted by Crippen LogP contribution is -2.18. The molecule has 1 aliphatic heterocycles. The van der Waals surface area contributed by atoms with Crippen molar-refractivity contribution in [1.29, 1.82) is 0 Å². The number of H-pyrrole nitrogens is 1. The molecule has 0 atom stereocenters. The molecule has 2 aromatic rings. The van der Waals surface area contributed by atoms with Crippen molar-refractivity contribution in [1.82, 2.24) is 10.2 Å². The summed E-state index contributed by atoms with van der Waals surface area (Å²) < 4.78 is 44.7. The van der Waals surface area contributed by atoms with Crippen LogP contribution in [-0.4, -0.2) is 22.7 Å². The van der Waals surface area contributed by atoms with Gasteiger partial charge < -0.3 is 10.1 Å². The molecule has 3 rings (SSSR count). The number of fused-ring (bicyclic) bond motifs is 1. The van der Waals surface area contributed by atoms with Crippen LogP contribution in [0.5, 0.6) is 0 Å². The molecule has 0 fully saturated rings. The lowest BCUT2D eigenvalue weighted by atomic mass is 10.1. The highest BCUT2D eigenvalue weighted by Crippen LogP contribution is 2.22. The van der Waals surface area contributed by atoms with Gasteiger partial charge in [-0.2, -0.15) is 5.10 Å². The molecule has 8 heteroatoms. The van der Waals surface area contributed by atoms with E-state index in [4.69, 9.17) is 4.74 Å². The van der Waals surface area contributed by atoms with E-state index in [2.05, 4.69) is 15.5 Å². The first-order valence-electron chi connectivity index (χ1n) is 6.16. The maximum Gasteiger partial charge on any atom is 0.276 e. The summed E-state index contributed by atoms with van der Waals surface area (Å²) in [7, 11) is 0. The third-order valence-electron chi connectivity index (χ3n) is 3.19. The third kappa shape index (κ3) is 2.38. The third-order valence-corrected chi connectivity index (χ3v) is 3.19. The summed E-state index contributed by atoms with van der Waals surface area (Å²) in [5, 5.41) is 8.74. The number of rotatable bonds is 2. The van der Waals surface area contributed by atoms with Crippen LogP contribution in [0.15, 0.2) is 12.1 Å². The second-order valence-electron chi connectivity index (χ2n) is 4.51. The fourth-order valence-electron chi connectivity index (χ4n) is 2.10. The van der Waals surface area contributed by atoms with Gasteiger partial charge in [0.1, 0.15) is 0 Å². The SMILES string of the molecule is O=C(Nc1ccc(F)c(F)c1F)c1n[nH]c2c1COCC2. The summed E-state index contributed by atoms with van der Waals surface area (Å²) in [4.78, 5) is 12.1.